The van der Waals surface area contributed by atoms with Gasteiger partial charge in [-0.2, -0.15) is 0 Å². The number of aromatic amines is 2. The van der Waals surface area contributed by atoms with E-state index in [1.165, 1.54) is 0 Å². The third-order valence-corrected chi connectivity index (χ3v) is 4.37. The van der Waals surface area contributed by atoms with Gasteiger partial charge in [0.25, 0.3) is 0 Å². The molecule has 3 rings (SSSR count). The Bertz CT molecular complexity index is 915. The number of nitrogens with one attached hydrogen (secondary N) is 2. The largest absolute Gasteiger partial charge is 0.466 e. The van der Waals surface area contributed by atoms with E-state index in [1.807, 2.05) is 6.92 Å². The zero-order valence-corrected chi connectivity index (χ0v) is 13.4. The van der Waals surface area contributed by atoms with E-state index in [1.54, 1.807) is 25.1 Å². The number of H-pyrrole nitrogens is 2. The normalized spacial score (nSPS) is 18.4. The summed E-state index contributed by atoms with van der Waals surface area (Å²) < 4.78 is 5.05. The molecule has 23 heavy (non-hydrogen) atoms. The molecule has 1 aromatic heterocycles. The molecular formula is C16H15ClN2O4. The molecule has 2 N–H and O–H groups in total. The van der Waals surface area contributed by atoms with Gasteiger partial charge in [-0.25, -0.2) is 0 Å². The minimum atomic E-state index is -0.801. The highest BCUT2D eigenvalue weighted by molar-refractivity contribution is 6.31. The number of rotatable bonds is 3. The standard InChI is InChI=1S/C16H15ClN2O4/c1-3-23-11(20)7-16(2)10-5-4-8(17)6-9(10)12-13(16)19-15(22)14(21)18-12/h4-6H,3,7H2,1-2H3,(H,18,21)(H,19,22)/t16-/m0/s1. The lowest BCUT2D eigenvalue weighted by molar-refractivity contribution is -0.144. The molecule has 0 saturated carbocycles. The number of fused-ring (bicyclic) bond motifs is 3. The van der Waals surface area contributed by atoms with Gasteiger partial charge in [-0.15, -0.1) is 0 Å². The fraction of sp³-hybridized carbons (Fsp3) is 0.312. The first-order valence-corrected chi connectivity index (χ1v) is 7.57. The van der Waals surface area contributed by atoms with Crippen LogP contribution in [0.25, 0.3) is 11.3 Å². The Labute approximate surface area is 136 Å². The fourth-order valence-corrected chi connectivity index (χ4v) is 3.28. The molecule has 0 amide bonds. The highest BCUT2D eigenvalue weighted by Gasteiger charge is 2.43. The second-order valence-electron chi connectivity index (χ2n) is 5.66. The van der Waals surface area contributed by atoms with Crippen LogP contribution < -0.4 is 11.1 Å². The number of carbonyl (C=O) groups is 1. The van der Waals surface area contributed by atoms with Crippen molar-refractivity contribution in [2.75, 3.05) is 6.61 Å². The highest BCUT2D eigenvalue weighted by Crippen LogP contribution is 2.48. The van der Waals surface area contributed by atoms with Gasteiger partial charge in [0.15, 0.2) is 0 Å². The number of ether oxygens (including phenoxy) is 1. The molecule has 1 aliphatic rings. The summed E-state index contributed by atoms with van der Waals surface area (Å²) in [4.78, 5) is 40.7. The Morgan fingerprint density at radius 3 is 2.65 bits per heavy atom. The number of esters is 1. The van der Waals surface area contributed by atoms with E-state index in [4.69, 9.17) is 16.3 Å². The summed E-state index contributed by atoms with van der Waals surface area (Å²) in [6.45, 7) is 3.84. The molecule has 2 aromatic rings. The molecule has 1 aromatic carbocycles. The van der Waals surface area contributed by atoms with Crippen molar-refractivity contribution in [3.05, 3.63) is 55.2 Å². The molecular weight excluding hydrogens is 320 g/mol. The zero-order valence-electron chi connectivity index (χ0n) is 12.7. The maximum atomic E-state index is 12.0. The summed E-state index contributed by atoms with van der Waals surface area (Å²) >= 11 is 6.05. The van der Waals surface area contributed by atoms with E-state index in [2.05, 4.69) is 9.97 Å². The summed E-state index contributed by atoms with van der Waals surface area (Å²) in [6.07, 6.45) is 0.0461. The van der Waals surface area contributed by atoms with Crippen molar-refractivity contribution in [1.29, 1.82) is 0 Å². The van der Waals surface area contributed by atoms with Crippen LogP contribution in [0.5, 0.6) is 0 Å². The summed E-state index contributed by atoms with van der Waals surface area (Å²) in [6, 6.07) is 5.22. The Hall–Kier alpha value is -2.34. The Balaban J connectivity index is 2.26. The molecule has 120 valence electrons. The quantitative estimate of drug-likeness (QED) is 0.663. The molecule has 6 nitrogen and oxygen atoms in total. The van der Waals surface area contributed by atoms with Crippen molar-refractivity contribution in [3.63, 3.8) is 0 Å². The van der Waals surface area contributed by atoms with Gasteiger partial charge in [0.05, 0.1) is 24.4 Å². The monoisotopic (exact) mass is 334 g/mol. The van der Waals surface area contributed by atoms with Gasteiger partial charge in [-0.3, -0.25) is 14.4 Å². The zero-order chi connectivity index (χ0) is 16.8. The van der Waals surface area contributed by atoms with E-state index in [-0.39, 0.29) is 19.0 Å². The van der Waals surface area contributed by atoms with Crippen LogP contribution in [0, 0.1) is 0 Å². The van der Waals surface area contributed by atoms with Gasteiger partial charge in [0.1, 0.15) is 0 Å². The Morgan fingerprint density at radius 1 is 1.26 bits per heavy atom. The smallest absolute Gasteiger partial charge is 0.314 e. The van der Waals surface area contributed by atoms with Crippen LogP contribution in [0.1, 0.15) is 31.5 Å². The summed E-state index contributed by atoms with van der Waals surface area (Å²) in [5.41, 5.74) is 0.194. The van der Waals surface area contributed by atoms with E-state index < -0.39 is 16.5 Å². The summed E-state index contributed by atoms with van der Waals surface area (Å²) in [5, 5.41) is 0.502. The number of carbonyl (C=O) groups excluding carboxylic acids is 1. The highest BCUT2D eigenvalue weighted by atomic mass is 35.5. The Morgan fingerprint density at radius 2 is 1.96 bits per heavy atom. The number of aromatic nitrogens is 2. The molecule has 1 heterocycles. The summed E-state index contributed by atoms with van der Waals surface area (Å²) in [5.74, 6) is -0.379. The minimum Gasteiger partial charge on any atom is -0.466 e. The van der Waals surface area contributed by atoms with Crippen molar-refractivity contribution in [2.45, 2.75) is 25.7 Å². The van der Waals surface area contributed by atoms with Gasteiger partial charge in [-0.05, 0) is 31.5 Å². The van der Waals surface area contributed by atoms with Crippen molar-refractivity contribution in [1.82, 2.24) is 9.97 Å². The number of halogens is 1. The first-order chi connectivity index (χ1) is 10.9. The molecule has 0 spiro atoms. The lowest BCUT2D eigenvalue weighted by atomic mass is 9.80. The van der Waals surface area contributed by atoms with Gasteiger partial charge < -0.3 is 14.7 Å². The lowest BCUT2D eigenvalue weighted by Gasteiger charge is -2.25. The van der Waals surface area contributed by atoms with Crippen molar-refractivity contribution in [2.24, 2.45) is 0 Å². The lowest BCUT2D eigenvalue weighted by Crippen LogP contribution is -2.35. The number of hydrogen-bond donors (Lipinski definition) is 2. The average molecular weight is 335 g/mol. The first-order valence-electron chi connectivity index (χ1n) is 7.20. The summed E-state index contributed by atoms with van der Waals surface area (Å²) in [7, 11) is 0. The van der Waals surface area contributed by atoms with Gasteiger partial charge in [0, 0.05) is 16.0 Å². The van der Waals surface area contributed by atoms with Crippen molar-refractivity contribution in [3.8, 4) is 11.3 Å². The van der Waals surface area contributed by atoms with Crippen molar-refractivity contribution >= 4 is 17.6 Å². The van der Waals surface area contributed by atoms with Crippen LogP contribution >= 0.6 is 11.6 Å². The van der Waals surface area contributed by atoms with E-state index in [9.17, 15) is 14.4 Å². The fourth-order valence-electron chi connectivity index (χ4n) is 3.10. The van der Waals surface area contributed by atoms with Crippen molar-refractivity contribution < 1.29 is 9.53 Å². The second kappa shape index (κ2) is 5.38. The predicted octanol–water partition coefficient (Wildman–Crippen LogP) is 1.96. The van der Waals surface area contributed by atoms with Gasteiger partial charge >= 0.3 is 17.1 Å². The van der Waals surface area contributed by atoms with Crippen LogP contribution in [0.3, 0.4) is 0 Å². The minimum absolute atomic E-state index is 0.0461. The van der Waals surface area contributed by atoms with Crippen LogP contribution in [0.15, 0.2) is 27.8 Å². The molecule has 0 bridgehead atoms. The topological polar surface area (TPSA) is 92.0 Å². The molecule has 1 atom stereocenters. The van der Waals surface area contributed by atoms with Gasteiger partial charge in [0.2, 0.25) is 0 Å². The third-order valence-electron chi connectivity index (χ3n) is 4.13. The van der Waals surface area contributed by atoms with Crippen LogP contribution in [0.2, 0.25) is 5.02 Å². The van der Waals surface area contributed by atoms with E-state index in [0.29, 0.717) is 22.0 Å². The SMILES string of the molecule is CCOC(=O)C[C@@]1(C)c2ccc(Cl)cc2-c2[nH]c(=O)c(=O)[nH]c21. The molecule has 0 fully saturated rings. The average Bonchev–Trinajstić information content (AvgIpc) is 2.69. The molecule has 7 heteroatoms. The van der Waals surface area contributed by atoms with Crippen LogP contribution in [-0.4, -0.2) is 22.5 Å². The number of benzene rings is 1. The maximum Gasteiger partial charge on any atom is 0.314 e. The molecule has 0 aliphatic heterocycles. The molecule has 0 saturated heterocycles. The van der Waals surface area contributed by atoms with Crippen LogP contribution in [-0.2, 0) is 14.9 Å². The molecule has 0 unspecified atom stereocenters. The Kier molecular flexibility index (Phi) is 3.64. The van der Waals surface area contributed by atoms with E-state index in [0.717, 1.165) is 5.56 Å². The second-order valence-corrected chi connectivity index (χ2v) is 6.10. The molecule has 1 aliphatic carbocycles. The first kappa shape index (κ1) is 15.6. The van der Waals surface area contributed by atoms with Crippen LogP contribution in [0.4, 0.5) is 0 Å². The maximum absolute atomic E-state index is 12.0. The van der Waals surface area contributed by atoms with E-state index >= 15 is 0 Å². The molecule has 0 radical (unpaired) electrons. The third kappa shape index (κ3) is 2.39. The van der Waals surface area contributed by atoms with Gasteiger partial charge in [-0.1, -0.05) is 17.7 Å². The predicted molar refractivity (Wildman–Crippen MR) is 85.8 cm³/mol. The number of hydrogen-bond acceptors (Lipinski definition) is 4.